The molecule has 0 unspecified atom stereocenters. The molecule has 0 N–H and O–H groups in total. The predicted molar refractivity (Wildman–Crippen MR) is 220 cm³/mol. The zero-order chi connectivity index (χ0) is 40.2. The van der Waals surface area contributed by atoms with E-state index < -0.39 is 0 Å². The van der Waals surface area contributed by atoms with Gasteiger partial charge in [-0.25, -0.2) is 19.3 Å². The summed E-state index contributed by atoms with van der Waals surface area (Å²) in [4.78, 5) is 10.5. The average molecular weight is 789 g/mol. The van der Waals surface area contributed by atoms with Gasteiger partial charge in [0.2, 0.25) is 0 Å². The van der Waals surface area contributed by atoms with Gasteiger partial charge in [0.15, 0.2) is 51.8 Å². The second kappa shape index (κ2) is 16.5. The molecule has 0 radical (unpaired) electrons. The highest BCUT2D eigenvalue weighted by molar-refractivity contribution is 6.33. The summed E-state index contributed by atoms with van der Waals surface area (Å²) < 4.78 is 51.2. The molecule has 0 aliphatic heterocycles. The van der Waals surface area contributed by atoms with Crippen LogP contribution in [0.25, 0.3) is 56.4 Å². The van der Waals surface area contributed by atoms with Gasteiger partial charge in [-0.3, -0.25) is 0 Å². The first kappa shape index (κ1) is 38.5. The maximum absolute atomic E-state index is 7.07. The van der Waals surface area contributed by atoms with Crippen molar-refractivity contribution >= 4 is 11.6 Å². The van der Waals surface area contributed by atoms with Crippen molar-refractivity contribution in [3.05, 3.63) is 108 Å². The quantitative estimate of drug-likeness (QED) is 0.106. The van der Waals surface area contributed by atoms with Crippen LogP contribution in [0.15, 0.2) is 103 Å². The maximum atomic E-state index is 7.07. The summed E-state index contributed by atoms with van der Waals surface area (Å²) in [6, 6.07) is 30.1. The fraction of sp³-hybridized carbons (Fsp3) is 0.182. The van der Waals surface area contributed by atoms with E-state index in [0.717, 1.165) is 0 Å². The first-order valence-electron chi connectivity index (χ1n) is 17.7. The Morgan fingerprint density at radius 3 is 1.28 bits per heavy atom. The summed E-state index contributed by atoms with van der Waals surface area (Å²) in [5.41, 5.74) is 5.45. The molecule has 7 rings (SSSR count). The van der Waals surface area contributed by atoms with Crippen LogP contribution < -0.4 is 37.9 Å². The van der Waals surface area contributed by atoms with Crippen LogP contribution in [0.1, 0.15) is 0 Å². The van der Waals surface area contributed by atoms with Crippen molar-refractivity contribution in [1.29, 1.82) is 0 Å². The van der Waals surface area contributed by atoms with Crippen LogP contribution in [0.5, 0.6) is 46.0 Å². The predicted octanol–water partition coefficient (Wildman–Crippen LogP) is 9.45. The number of imidazole rings is 2. The lowest BCUT2D eigenvalue weighted by Gasteiger charge is -2.22. The summed E-state index contributed by atoms with van der Waals surface area (Å²) in [6.45, 7) is 0. The van der Waals surface area contributed by atoms with Gasteiger partial charge in [0.25, 0.3) is 0 Å². The molecule has 0 spiro atoms. The third-order valence-corrected chi connectivity index (χ3v) is 9.90. The van der Waals surface area contributed by atoms with Crippen molar-refractivity contribution in [2.75, 3.05) is 56.9 Å². The lowest BCUT2D eigenvalue weighted by Crippen LogP contribution is -2.14. The molecule has 2 heterocycles. The number of methoxy groups -OCH3 is 8. The summed E-state index contributed by atoms with van der Waals surface area (Å²) in [6.07, 6.45) is 1.72. The van der Waals surface area contributed by atoms with Crippen LogP contribution in [0.3, 0.4) is 0 Å². The van der Waals surface area contributed by atoms with Crippen molar-refractivity contribution in [1.82, 2.24) is 19.3 Å². The third kappa shape index (κ3) is 6.57. The smallest absolute Gasteiger partial charge is 0.170 e. The third-order valence-electron chi connectivity index (χ3n) is 9.57. The molecule has 0 amide bonds. The van der Waals surface area contributed by atoms with Gasteiger partial charge in [0, 0.05) is 27.8 Å². The van der Waals surface area contributed by atoms with Crippen LogP contribution in [-0.4, -0.2) is 76.2 Å². The number of hydrogen-bond acceptors (Lipinski definition) is 10. The van der Waals surface area contributed by atoms with E-state index in [9.17, 15) is 0 Å². The zero-order valence-corrected chi connectivity index (χ0v) is 33.5. The first-order chi connectivity index (χ1) is 27.9. The monoisotopic (exact) mass is 788 g/mol. The SMILES string of the molecule is COc1cccc(-c2ncn(-n3c(-c4ccccc4Cl)nc(-c4cccc(OC)c4OC)c3-c3cccc(OC)c3OC)c2-c2cccc(OC)c2OC)c1OC. The Morgan fingerprint density at radius 2 is 0.825 bits per heavy atom. The molecule has 57 heavy (non-hydrogen) atoms. The van der Waals surface area contributed by atoms with Gasteiger partial charge < -0.3 is 37.9 Å². The minimum absolute atomic E-state index is 0.463. The number of para-hydroxylation sites is 4. The second-order valence-electron chi connectivity index (χ2n) is 12.4. The molecule has 0 fully saturated rings. The lowest BCUT2D eigenvalue weighted by molar-refractivity contribution is 0.355. The van der Waals surface area contributed by atoms with Crippen molar-refractivity contribution in [2.45, 2.75) is 0 Å². The summed E-state index contributed by atoms with van der Waals surface area (Å²) in [5, 5.41) is 0.465. The van der Waals surface area contributed by atoms with Gasteiger partial charge >= 0.3 is 0 Å². The lowest BCUT2D eigenvalue weighted by atomic mass is 10.0. The van der Waals surface area contributed by atoms with Gasteiger partial charge in [-0.1, -0.05) is 48.0 Å². The molecule has 0 aliphatic carbocycles. The Labute approximate surface area is 335 Å². The fourth-order valence-electron chi connectivity index (χ4n) is 7.10. The number of halogens is 1. The van der Waals surface area contributed by atoms with Crippen LogP contribution >= 0.6 is 11.6 Å². The van der Waals surface area contributed by atoms with E-state index in [0.29, 0.717) is 107 Å². The summed E-state index contributed by atoms with van der Waals surface area (Å²) >= 11 is 7.07. The van der Waals surface area contributed by atoms with Gasteiger partial charge in [-0.2, -0.15) is 0 Å². The van der Waals surface area contributed by atoms with Crippen LogP contribution in [-0.2, 0) is 0 Å². The van der Waals surface area contributed by atoms with Crippen molar-refractivity contribution in [3.8, 4) is 102 Å². The van der Waals surface area contributed by atoms with Crippen LogP contribution in [0.2, 0.25) is 5.02 Å². The number of benzene rings is 5. The fourth-order valence-corrected chi connectivity index (χ4v) is 7.32. The standard InChI is InChI=1S/C44H41ClN4O8/c1-50-32-21-11-16-27(40(32)54-5)36-38(29-18-13-23-34(52-3)42(29)56-7)48(25-46-36)49-39(30-19-14-24-35(53-4)43(30)57-8)37(28-17-12-22-33(51-2)41(28)55-6)47-44(49)26-15-9-10-20-31(26)45/h9-25H,1-8H3. The molecule has 292 valence electrons. The number of ether oxygens (including phenoxy) is 8. The van der Waals surface area contributed by atoms with E-state index in [-0.39, 0.29) is 0 Å². The normalized spacial score (nSPS) is 10.9. The van der Waals surface area contributed by atoms with E-state index in [2.05, 4.69) is 0 Å². The Hall–Kier alpha value is -6.79. The zero-order valence-electron chi connectivity index (χ0n) is 32.7. The largest absolute Gasteiger partial charge is 0.493 e. The minimum Gasteiger partial charge on any atom is -0.493 e. The topological polar surface area (TPSA) is 109 Å². The summed E-state index contributed by atoms with van der Waals surface area (Å²) in [5.74, 6) is 4.43. The highest BCUT2D eigenvalue weighted by Gasteiger charge is 2.32. The molecule has 0 aliphatic rings. The van der Waals surface area contributed by atoms with Crippen molar-refractivity contribution < 1.29 is 37.9 Å². The van der Waals surface area contributed by atoms with Crippen molar-refractivity contribution in [3.63, 3.8) is 0 Å². The first-order valence-corrected chi connectivity index (χ1v) is 18.1. The highest BCUT2D eigenvalue weighted by atomic mass is 35.5. The molecule has 7 aromatic rings. The summed E-state index contributed by atoms with van der Waals surface area (Å²) in [7, 11) is 12.8. The molecule has 0 atom stereocenters. The molecule has 0 saturated carbocycles. The number of rotatable bonds is 14. The molecule has 5 aromatic carbocycles. The van der Waals surface area contributed by atoms with Gasteiger partial charge in [-0.05, 0) is 60.7 Å². The molecule has 12 nitrogen and oxygen atoms in total. The van der Waals surface area contributed by atoms with E-state index in [1.807, 2.05) is 106 Å². The number of nitrogens with zero attached hydrogens (tertiary/aromatic N) is 4. The number of aromatic nitrogens is 4. The van der Waals surface area contributed by atoms with Gasteiger partial charge in [-0.15, -0.1) is 0 Å². The molecule has 13 heteroatoms. The number of hydrogen-bond donors (Lipinski definition) is 0. The molecule has 0 bridgehead atoms. The van der Waals surface area contributed by atoms with E-state index in [1.54, 1.807) is 63.2 Å². The Kier molecular flexibility index (Phi) is 11.2. The Balaban J connectivity index is 1.74. The Bertz CT molecular complexity index is 2570. The van der Waals surface area contributed by atoms with Gasteiger partial charge in [0.1, 0.15) is 29.1 Å². The van der Waals surface area contributed by atoms with E-state index in [1.165, 1.54) is 0 Å². The second-order valence-corrected chi connectivity index (χ2v) is 12.8. The van der Waals surface area contributed by atoms with Crippen molar-refractivity contribution in [2.24, 2.45) is 0 Å². The van der Waals surface area contributed by atoms with E-state index >= 15 is 0 Å². The van der Waals surface area contributed by atoms with Gasteiger partial charge in [0.05, 0.1) is 61.9 Å². The molecular formula is C44H41ClN4O8. The molecular weight excluding hydrogens is 748 g/mol. The average Bonchev–Trinajstić information content (AvgIpc) is 3.87. The molecule has 2 aromatic heterocycles. The minimum atomic E-state index is 0.463. The van der Waals surface area contributed by atoms with E-state index in [4.69, 9.17) is 59.5 Å². The van der Waals surface area contributed by atoms with Crippen LogP contribution in [0, 0.1) is 0 Å². The Morgan fingerprint density at radius 1 is 0.421 bits per heavy atom. The van der Waals surface area contributed by atoms with Crippen LogP contribution in [0.4, 0.5) is 0 Å². The molecule has 0 saturated heterocycles. The highest BCUT2D eigenvalue weighted by Crippen LogP contribution is 2.50. The maximum Gasteiger partial charge on any atom is 0.170 e.